The number of aryl methyl sites for hydroxylation is 1. The first-order valence-electron chi connectivity index (χ1n) is 11.7. The molecule has 0 aliphatic heterocycles. The molecule has 0 radical (unpaired) electrons. The van der Waals surface area contributed by atoms with Crippen molar-refractivity contribution in [3.05, 3.63) is 47.0 Å². The van der Waals surface area contributed by atoms with Crippen LogP contribution in [0.2, 0.25) is 0 Å². The van der Waals surface area contributed by atoms with Gasteiger partial charge in [-0.25, -0.2) is 9.97 Å². The molecule has 1 fully saturated rings. The maximum atomic E-state index is 5.14. The van der Waals surface area contributed by atoms with Crippen LogP contribution < -0.4 is 0 Å². The second-order valence-electron chi connectivity index (χ2n) is 10.9. The Bertz CT molecular complexity index is 1360. The summed E-state index contributed by atoms with van der Waals surface area (Å²) in [6, 6.07) is 6.86. The molecule has 0 saturated heterocycles. The van der Waals surface area contributed by atoms with Crippen LogP contribution in [-0.2, 0) is 16.2 Å². The molecule has 2 bridgehead atoms. The molecule has 0 amide bonds. The van der Waals surface area contributed by atoms with Gasteiger partial charge in [-0.3, -0.25) is 9.38 Å². The fourth-order valence-electron chi connectivity index (χ4n) is 6.19. The van der Waals surface area contributed by atoms with Crippen LogP contribution in [0.4, 0.5) is 0 Å². The maximum absolute atomic E-state index is 5.14. The van der Waals surface area contributed by atoms with Crippen molar-refractivity contribution >= 4 is 27.6 Å². The number of pyridine rings is 1. The van der Waals surface area contributed by atoms with Crippen molar-refractivity contribution in [2.45, 2.75) is 90.9 Å². The van der Waals surface area contributed by atoms with E-state index < -0.39 is 0 Å². The van der Waals surface area contributed by atoms with Crippen molar-refractivity contribution in [1.82, 2.24) is 19.4 Å². The maximum Gasteiger partial charge on any atom is 0.148 e. The van der Waals surface area contributed by atoms with Gasteiger partial charge >= 0.3 is 0 Å². The number of benzene rings is 1. The van der Waals surface area contributed by atoms with E-state index in [1.54, 1.807) is 0 Å². The number of nitrogens with zero attached hydrogens (tertiary/aromatic N) is 4. The molecule has 2 aliphatic carbocycles. The van der Waals surface area contributed by atoms with Crippen molar-refractivity contribution in [3.63, 3.8) is 0 Å². The van der Waals surface area contributed by atoms with Gasteiger partial charge in [-0.05, 0) is 66.3 Å². The molecular formula is C27H34N4. The van der Waals surface area contributed by atoms with E-state index in [0.29, 0.717) is 10.8 Å². The van der Waals surface area contributed by atoms with Gasteiger partial charge in [-0.1, -0.05) is 48.5 Å². The van der Waals surface area contributed by atoms with Crippen LogP contribution in [0.15, 0.2) is 24.4 Å². The zero-order valence-corrected chi connectivity index (χ0v) is 20.2. The molecule has 4 nitrogen and oxygen atoms in total. The zero-order chi connectivity index (χ0) is 22.3. The summed E-state index contributed by atoms with van der Waals surface area (Å²) >= 11 is 0. The van der Waals surface area contributed by atoms with E-state index in [-0.39, 0.29) is 5.41 Å². The second-order valence-corrected chi connectivity index (χ2v) is 10.9. The molecule has 2 aliphatic rings. The highest BCUT2D eigenvalue weighted by atomic mass is 15.1. The Hall–Kier alpha value is -2.49. The molecule has 4 aromatic rings. The van der Waals surface area contributed by atoms with E-state index in [0.717, 1.165) is 33.6 Å². The highest BCUT2D eigenvalue weighted by molar-refractivity contribution is 5.98. The number of hydrogen-bond donors (Lipinski definition) is 0. The molecule has 31 heavy (non-hydrogen) atoms. The van der Waals surface area contributed by atoms with Crippen LogP contribution in [0.1, 0.15) is 90.4 Å². The largest absolute Gasteiger partial charge is 0.280 e. The summed E-state index contributed by atoms with van der Waals surface area (Å²) < 4.78 is 2.25. The molecular weight excluding hydrogens is 380 g/mol. The third kappa shape index (κ3) is 2.63. The molecule has 3 heterocycles. The lowest BCUT2D eigenvalue weighted by molar-refractivity contribution is 0.484. The van der Waals surface area contributed by atoms with Gasteiger partial charge in [-0.15, -0.1) is 0 Å². The van der Waals surface area contributed by atoms with Gasteiger partial charge in [0, 0.05) is 17.0 Å². The summed E-state index contributed by atoms with van der Waals surface area (Å²) in [7, 11) is 0. The smallest absolute Gasteiger partial charge is 0.148 e. The van der Waals surface area contributed by atoms with Crippen LogP contribution in [0.25, 0.3) is 27.6 Å². The highest BCUT2D eigenvalue weighted by Crippen LogP contribution is 2.60. The van der Waals surface area contributed by atoms with E-state index in [9.17, 15) is 0 Å². The fraction of sp³-hybridized carbons (Fsp3) is 0.519. The molecule has 1 saturated carbocycles. The van der Waals surface area contributed by atoms with E-state index in [2.05, 4.69) is 69.1 Å². The average molecular weight is 415 g/mol. The molecule has 2 atom stereocenters. The zero-order valence-electron chi connectivity index (χ0n) is 20.2. The highest BCUT2D eigenvalue weighted by Gasteiger charge is 2.53. The fourth-order valence-corrected chi connectivity index (χ4v) is 6.19. The lowest BCUT2D eigenvalue weighted by Crippen LogP contribution is -2.18. The summed E-state index contributed by atoms with van der Waals surface area (Å²) in [5.74, 6) is 0.980. The Morgan fingerprint density at radius 3 is 2.26 bits per heavy atom. The van der Waals surface area contributed by atoms with E-state index in [4.69, 9.17) is 9.97 Å². The summed E-state index contributed by atoms with van der Waals surface area (Å²) in [6.45, 7) is 17.6. The third-order valence-corrected chi connectivity index (χ3v) is 7.58. The Morgan fingerprint density at radius 2 is 1.61 bits per heavy atom. The van der Waals surface area contributed by atoms with Gasteiger partial charge in [0.2, 0.25) is 0 Å². The predicted molar refractivity (Wildman–Crippen MR) is 129 cm³/mol. The van der Waals surface area contributed by atoms with Gasteiger partial charge in [0.1, 0.15) is 11.5 Å². The topological polar surface area (TPSA) is 43.1 Å². The molecule has 4 heteroatoms. The number of aromatic nitrogens is 4. The Labute approximate surface area is 185 Å². The molecule has 3 aromatic heterocycles. The lowest BCUT2D eigenvalue weighted by atomic mass is 9.78. The Kier molecular flexibility index (Phi) is 4.13. The summed E-state index contributed by atoms with van der Waals surface area (Å²) in [6.07, 6.45) is 5.76. The molecule has 162 valence electrons. The summed E-state index contributed by atoms with van der Waals surface area (Å²) in [5, 5.41) is 1.09. The minimum absolute atomic E-state index is 0.0626. The molecule has 1 aromatic carbocycles. The minimum atomic E-state index is -0.0626. The first kappa shape index (κ1) is 20.4. The van der Waals surface area contributed by atoms with Crippen LogP contribution in [0.3, 0.4) is 0 Å². The molecule has 0 N–H and O–H groups in total. The van der Waals surface area contributed by atoms with Gasteiger partial charge in [0.25, 0.3) is 0 Å². The average Bonchev–Trinajstić information content (AvgIpc) is 3.32. The number of fused-ring (bicyclic) bond motifs is 10. The minimum Gasteiger partial charge on any atom is -0.280 e. The van der Waals surface area contributed by atoms with Gasteiger partial charge in [0.15, 0.2) is 0 Å². The van der Waals surface area contributed by atoms with Crippen molar-refractivity contribution in [1.29, 1.82) is 0 Å². The van der Waals surface area contributed by atoms with Crippen molar-refractivity contribution < 1.29 is 0 Å². The van der Waals surface area contributed by atoms with E-state index in [1.165, 1.54) is 35.9 Å². The Balaban J connectivity index is 0.000000994. The van der Waals surface area contributed by atoms with Gasteiger partial charge < -0.3 is 0 Å². The first-order chi connectivity index (χ1) is 14.6. The predicted octanol–water partition coefficient (Wildman–Crippen LogP) is 6.78. The van der Waals surface area contributed by atoms with Crippen molar-refractivity contribution in [2.24, 2.45) is 0 Å². The Morgan fingerprint density at radius 1 is 0.968 bits per heavy atom. The normalized spacial score (nSPS) is 24.6. The second kappa shape index (κ2) is 6.27. The van der Waals surface area contributed by atoms with Crippen LogP contribution in [-0.4, -0.2) is 19.4 Å². The van der Waals surface area contributed by atoms with E-state index >= 15 is 0 Å². The van der Waals surface area contributed by atoms with Crippen LogP contribution in [0.5, 0.6) is 0 Å². The van der Waals surface area contributed by atoms with Crippen LogP contribution in [0, 0.1) is 6.92 Å². The summed E-state index contributed by atoms with van der Waals surface area (Å²) in [5.41, 5.74) is 8.91. The van der Waals surface area contributed by atoms with Crippen molar-refractivity contribution in [2.75, 3.05) is 0 Å². The van der Waals surface area contributed by atoms with Gasteiger partial charge in [-0.2, -0.15) is 0 Å². The quantitative estimate of drug-likeness (QED) is 0.319. The van der Waals surface area contributed by atoms with Crippen molar-refractivity contribution in [3.8, 4) is 0 Å². The molecule has 0 spiro atoms. The number of imidazole rings is 1. The van der Waals surface area contributed by atoms with Gasteiger partial charge in [0.05, 0.1) is 22.2 Å². The standard InChI is InChI=1S/C25H28N4.C2H6/c1-14-27-20-15(7-10-26-21(20)23(2,3)4)22-28-18-11-16-17(12-19(18)29(14)22)25(6)9-8-24(16,5)13-25;1-2/h7,10-12H,8-9,13H2,1-6H3;1-2H3. The SMILES string of the molecule is CC.Cc1nc2c(C(C)(C)C)nccc2c2nc3cc4c(cc3n12)C1(C)CCC4(C)C1. The lowest BCUT2D eigenvalue weighted by Gasteiger charge is -2.27. The number of hydrogen-bond acceptors (Lipinski definition) is 3. The van der Waals surface area contributed by atoms with Crippen LogP contribution >= 0.6 is 0 Å². The van der Waals surface area contributed by atoms with E-state index in [1.807, 2.05) is 20.0 Å². The molecule has 6 rings (SSSR count). The first-order valence-corrected chi connectivity index (χ1v) is 11.7. The monoisotopic (exact) mass is 414 g/mol. The molecule has 2 unspecified atom stereocenters. The third-order valence-electron chi connectivity index (χ3n) is 7.58. The summed E-state index contributed by atoms with van der Waals surface area (Å²) in [4.78, 5) is 14.8. The number of rotatable bonds is 0.